The molecule has 32 heavy (non-hydrogen) atoms. The van der Waals surface area contributed by atoms with Gasteiger partial charge in [0.15, 0.2) is 0 Å². The van der Waals surface area contributed by atoms with Crippen LogP contribution in [-0.4, -0.2) is 29.0 Å². The van der Waals surface area contributed by atoms with Crippen molar-refractivity contribution in [3.05, 3.63) is 57.6 Å². The molecule has 1 fully saturated rings. The lowest BCUT2D eigenvalue weighted by Gasteiger charge is -2.24. The molecular weight excluding hydrogens is 462 g/mol. The molecule has 1 heterocycles. The number of hydrogen-bond acceptors (Lipinski definition) is 3. The van der Waals surface area contributed by atoms with Crippen molar-refractivity contribution in [1.29, 1.82) is 0 Å². The van der Waals surface area contributed by atoms with Gasteiger partial charge >= 0.3 is 6.18 Å². The average molecular weight is 484 g/mol. The Labute approximate surface area is 193 Å². The molecule has 1 aliphatic heterocycles. The van der Waals surface area contributed by atoms with Crippen molar-refractivity contribution >= 4 is 50.6 Å². The zero-order valence-corrected chi connectivity index (χ0v) is 18.6. The number of nitrogens with two attached hydrogens (primary N) is 1. The van der Waals surface area contributed by atoms with Gasteiger partial charge in [-0.3, -0.25) is 5.01 Å². The Kier molecular flexibility index (Phi) is 6.43. The fraction of sp³-hybridized carbons (Fsp3) is 0.348. The van der Waals surface area contributed by atoms with Gasteiger partial charge in [-0.25, -0.2) is 0 Å². The summed E-state index contributed by atoms with van der Waals surface area (Å²) in [5, 5.41) is 19.6. The number of nitrogens with zero attached hydrogens (tertiary/aromatic N) is 2. The van der Waals surface area contributed by atoms with Gasteiger partial charge in [-0.15, -0.1) is 0 Å². The highest BCUT2D eigenvalue weighted by Crippen LogP contribution is 2.41. The fourth-order valence-electron chi connectivity index (χ4n) is 4.20. The van der Waals surface area contributed by atoms with E-state index in [0.29, 0.717) is 32.1 Å². The standard InChI is InChI=1S/C23H22Cl2F3N3O/c24-15-8-13-9-17(20(32)12-21(29)30-31-6-2-1-3-7-31)16-5-4-14(23(26,27)28)10-18(16)22(13)19(25)11-15/h4-5,8-11,20,32H,1-3,6-7,12H2,(H2,29,30). The molecule has 4 rings (SSSR count). The highest BCUT2D eigenvalue weighted by Gasteiger charge is 2.31. The summed E-state index contributed by atoms with van der Waals surface area (Å²) in [6, 6.07) is 8.22. The molecule has 1 unspecified atom stereocenters. The summed E-state index contributed by atoms with van der Waals surface area (Å²) in [6.45, 7) is 1.62. The SMILES string of the molecule is N/C(CC(O)c1cc2cc(Cl)cc(Cl)c2c2cc(C(F)(F)F)ccc12)=N\N1CCCCC1. The third-order valence-electron chi connectivity index (χ3n) is 5.69. The van der Waals surface area contributed by atoms with Gasteiger partial charge in [0.05, 0.1) is 16.7 Å². The van der Waals surface area contributed by atoms with Crippen molar-refractivity contribution in [1.82, 2.24) is 5.01 Å². The minimum atomic E-state index is -4.51. The van der Waals surface area contributed by atoms with Crippen LogP contribution in [0.4, 0.5) is 13.2 Å². The van der Waals surface area contributed by atoms with Crippen molar-refractivity contribution in [2.24, 2.45) is 10.8 Å². The summed E-state index contributed by atoms with van der Waals surface area (Å²) in [4.78, 5) is 0. The van der Waals surface area contributed by atoms with Crippen LogP contribution in [0.5, 0.6) is 0 Å². The molecule has 9 heteroatoms. The molecule has 3 aromatic rings. The van der Waals surface area contributed by atoms with E-state index in [1.807, 2.05) is 5.01 Å². The quantitative estimate of drug-likeness (QED) is 0.253. The minimum absolute atomic E-state index is 0.0480. The third-order valence-corrected chi connectivity index (χ3v) is 6.20. The number of benzene rings is 3. The van der Waals surface area contributed by atoms with Crippen LogP contribution in [0.15, 0.2) is 41.5 Å². The van der Waals surface area contributed by atoms with Gasteiger partial charge in [-0.1, -0.05) is 29.3 Å². The van der Waals surface area contributed by atoms with Crippen LogP contribution in [-0.2, 0) is 6.18 Å². The second-order valence-electron chi connectivity index (χ2n) is 8.04. The second kappa shape index (κ2) is 8.96. The predicted octanol–water partition coefficient (Wildman–Crippen LogP) is 6.50. The number of aliphatic hydroxyl groups is 1. The zero-order chi connectivity index (χ0) is 23.0. The molecule has 170 valence electrons. The highest BCUT2D eigenvalue weighted by atomic mass is 35.5. The van der Waals surface area contributed by atoms with Gasteiger partial charge < -0.3 is 10.8 Å². The minimum Gasteiger partial charge on any atom is -0.388 e. The predicted molar refractivity (Wildman–Crippen MR) is 123 cm³/mol. The van der Waals surface area contributed by atoms with E-state index in [1.165, 1.54) is 12.1 Å². The Hall–Kier alpha value is -2.22. The summed E-state index contributed by atoms with van der Waals surface area (Å²) in [5.41, 5.74) is 5.73. The van der Waals surface area contributed by atoms with Gasteiger partial charge in [0.2, 0.25) is 0 Å². The summed E-state index contributed by atoms with van der Waals surface area (Å²) < 4.78 is 40.2. The van der Waals surface area contributed by atoms with Crippen molar-refractivity contribution in [3.63, 3.8) is 0 Å². The summed E-state index contributed by atoms with van der Waals surface area (Å²) in [6.07, 6.45) is -2.30. The van der Waals surface area contributed by atoms with E-state index >= 15 is 0 Å². The van der Waals surface area contributed by atoms with E-state index in [4.69, 9.17) is 28.9 Å². The molecular formula is C23H22Cl2F3N3O. The molecule has 0 amide bonds. The van der Waals surface area contributed by atoms with Gasteiger partial charge in [-0.05, 0) is 71.3 Å². The molecule has 1 atom stereocenters. The highest BCUT2D eigenvalue weighted by molar-refractivity contribution is 6.40. The first-order valence-electron chi connectivity index (χ1n) is 10.3. The monoisotopic (exact) mass is 483 g/mol. The van der Waals surface area contributed by atoms with E-state index < -0.39 is 17.8 Å². The Morgan fingerprint density at radius 3 is 2.47 bits per heavy atom. The zero-order valence-electron chi connectivity index (χ0n) is 17.1. The normalized spacial score (nSPS) is 16.7. The maximum absolute atomic E-state index is 13.4. The van der Waals surface area contributed by atoms with E-state index in [-0.39, 0.29) is 17.3 Å². The number of piperidine rings is 1. The molecule has 0 spiro atoms. The smallest absolute Gasteiger partial charge is 0.388 e. The number of hydrogen-bond donors (Lipinski definition) is 2. The number of fused-ring (bicyclic) bond motifs is 3. The summed E-state index contributed by atoms with van der Waals surface area (Å²) in [7, 11) is 0. The van der Waals surface area contributed by atoms with E-state index in [1.54, 1.807) is 12.1 Å². The molecule has 0 radical (unpaired) electrons. The maximum Gasteiger partial charge on any atom is 0.416 e. The van der Waals surface area contributed by atoms with Crippen LogP contribution in [0.3, 0.4) is 0 Å². The summed E-state index contributed by atoms with van der Waals surface area (Å²) >= 11 is 12.5. The third kappa shape index (κ3) is 4.75. The second-order valence-corrected chi connectivity index (χ2v) is 8.88. The van der Waals surface area contributed by atoms with Gasteiger partial charge in [0.25, 0.3) is 0 Å². The van der Waals surface area contributed by atoms with Crippen LogP contribution in [0.2, 0.25) is 10.0 Å². The molecule has 0 saturated carbocycles. The largest absolute Gasteiger partial charge is 0.416 e. The molecule has 4 nitrogen and oxygen atoms in total. The number of amidine groups is 1. The Morgan fingerprint density at radius 2 is 1.78 bits per heavy atom. The fourth-order valence-corrected chi connectivity index (χ4v) is 4.81. The van der Waals surface area contributed by atoms with E-state index in [2.05, 4.69) is 5.10 Å². The lowest BCUT2D eigenvalue weighted by molar-refractivity contribution is -0.137. The van der Waals surface area contributed by atoms with Crippen LogP contribution in [0, 0.1) is 0 Å². The van der Waals surface area contributed by atoms with Crippen LogP contribution in [0.25, 0.3) is 21.5 Å². The Bertz CT molecular complexity index is 1190. The molecule has 3 N–H and O–H groups in total. The van der Waals surface area contributed by atoms with Gasteiger partial charge in [-0.2, -0.15) is 18.3 Å². The van der Waals surface area contributed by atoms with Crippen LogP contribution >= 0.6 is 23.2 Å². The number of hydrazone groups is 1. The molecule has 1 aliphatic rings. The molecule has 0 bridgehead atoms. The first-order valence-corrected chi connectivity index (χ1v) is 11.1. The van der Waals surface area contributed by atoms with Crippen LogP contribution in [0.1, 0.15) is 42.9 Å². The number of halogens is 5. The van der Waals surface area contributed by atoms with Crippen molar-refractivity contribution in [2.45, 2.75) is 38.0 Å². The van der Waals surface area contributed by atoms with E-state index in [0.717, 1.165) is 44.5 Å². The average Bonchev–Trinajstić information content (AvgIpc) is 2.72. The lowest BCUT2D eigenvalue weighted by atomic mass is 9.92. The summed E-state index contributed by atoms with van der Waals surface area (Å²) in [5.74, 6) is 0.267. The maximum atomic E-state index is 13.4. The first kappa shape index (κ1) is 23.0. The van der Waals surface area contributed by atoms with E-state index in [9.17, 15) is 18.3 Å². The lowest BCUT2D eigenvalue weighted by Crippen LogP contribution is -2.29. The van der Waals surface area contributed by atoms with Gasteiger partial charge in [0, 0.05) is 29.9 Å². The number of alkyl halides is 3. The van der Waals surface area contributed by atoms with Crippen molar-refractivity contribution < 1.29 is 18.3 Å². The van der Waals surface area contributed by atoms with Crippen LogP contribution < -0.4 is 5.73 Å². The molecule has 0 aromatic heterocycles. The topological polar surface area (TPSA) is 61.9 Å². The molecule has 3 aromatic carbocycles. The number of rotatable bonds is 4. The first-order chi connectivity index (χ1) is 15.1. The van der Waals surface area contributed by atoms with Gasteiger partial charge in [0.1, 0.15) is 5.84 Å². The van der Waals surface area contributed by atoms with Crippen molar-refractivity contribution in [2.75, 3.05) is 13.1 Å². The molecule has 0 aliphatic carbocycles. The Balaban J connectivity index is 1.81. The molecule has 1 saturated heterocycles. The Morgan fingerprint density at radius 1 is 1.06 bits per heavy atom. The number of aliphatic hydroxyl groups excluding tert-OH is 1. The van der Waals surface area contributed by atoms with Crippen molar-refractivity contribution in [3.8, 4) is 0 Å².